The van der Waals surface area contributed by atoms with E-state index >= 15 is 0 Å². The minimum Gasteiger partial charge on any atom is -0.484 e. The normalized spacial score (nSPS) is 11.1. The first-order valence-corrected chi connectivity index (χ1v) is 8.96. The average Bonchev–Trinajstić information content (AvgIpc) is 2.68. The van der Waals surface area contributed by atoms with Crippen molar-refractivity contribution < 1.29 is 9.53 Å². The summed E-state index contributed by atoms with van der Waals surface area (Å²) < 4.78 is 5.66. The summed E-state index contributed by atoms with van der Waals surface area (Å²) in [6, 6.07) is 21.1. The van der Waals surface area contributed by atoms with Gasteiger partial charge in [0.15, 0.2) is 6.61 Å². The highest BCUT2D eigenvalue weighted by Crippen LogP contribution is 2.29. The molecule has 0 radical (unpaired) electrons. The Bertz CT molecular complexity index is 870. The summed E-state index contributed by atoms with van der Waals surface area (Å²) in [5, 5.41) is 0. The Kier molecular flexibility index (Phi) is 5.55. The number of ether oxygens (including phenoxy) is 1. The number of rotatable bonds is 5. The molecule has 1 heterocycles. The molecule has 3 rings (SSSR count). The van der Waals surface area contributed by atoms with Crippen molar-refractivity contribution >= 4 is 17.3 Å². The maximum atomic E-state index is 13.0. The van der Waals surface area contributed by atoms with E-state index in [4.69, 9.17) is 4.74 Å². The van der Waals surface area contributed by atoms with Crippen LogP contribution >= 0.6 is 0 Å². The SMILES string of the molecule is CC(C)(C)c1ccc(N(C(=O)COc2ccccc2)c2cccnc2)cc1. The molecule has 138 valence electrons. The van der Waals surface area contributed by atoms with Crippen LogP contribution in [0, 0.1) is 0 Å². The van der Waals surface area contributed by atoms with Crippen LogP contribution < -0.4 is 9.64 Å². The number of carbonyl (C=O) groups excluding carboxylic acids is 1. The first-order valence-electron chi connectivity index (χ1n) is 8.96. The molecule has 0 aliphatic heterocycles. The lowest BCUT2D eigenvalue weighted by Gasteiger charge is -2.25. The molecule has 4 nitrogen and oxygen atoms in total. The molecule has 4 heteroatoms. The number of carbonyl (C=O) groups is 1. The molecule has 0 fully saturated rings. The summed E-state index contributed by atoms with van der Waals surface area (Å²) in [5.74, 6) is 0.510. The summed E-state index contributed by atoms with van der Waals surface area (Å²) in [4.78, 5) is 18.8. The van der Waals surface area contributed by atoms with Gasteiger partial charge < -0.3 is 4.74 Å². The Hall–Kier alpha value is -3.14. The molecule has 1 aromatic heterocycles. The van der Waals surface area contributed by atoms with E-state index < -0.39 is 0 Å². The number of hydrogen-bond donors (Lipinski definition) is 0. The molecule has 0 N–H and O–H groups in total. The zero-order valence-corrected chi connectivity index (χ0v) is 15.9. The molecule has 0 saturated carbocycles. The second-order valence-electron chi connectivity index (χ2n) is 7.34. The lowest BCUT2D eigenvalue weighted by atomic mass is 9.87. The van der Waals surface area contributed by atoms with Gasteiger partial charge in [-0.2, -0.15) is 0 Å². The van der Waals surface area contributed by atoms with Crippen molar-refractivity contribution in [3.8, 4) is 5.75 Å². The van der Waals surface area contributed by atoms with Gasteiger partial charge in [0.25, 0.3) is 5.91 Å². The number of aromatic nitrogens is 1. The lowest BCUT2D eigenvalue weighted by Crippen LogP contribution is -2.31. The highest BCUT2D eigenvalue weighted by molar-refractivity contribution is 6.01. The predicted molar refractivity (Wildman–Crippen MR) is 108 cm³/mol. The maximum absolute atomic E-state index is 13.0. The van der Waals surface area contributed by atoms with Crippen LogP contribution in [-0.4, -0.2) is 17.5 Å². The van der Waals surface area contributed by atoms with E-state index in [9.17, 15) is 4.79 Å². The zero-order chi connectivity index (χ0) is 19.3. The fraction of sp³-hybridized carbons (Fsp3) is 0.217. The van der Waals surface area contributed by atoms with Crippen molar-refractivity contribution in [3.63, 3.8) is 0 Å². The van der Waals surface area contributed by atoms with Crippen molar-refractivity contribution in [2.75, 3.05) is 11.5 Å². The first-order chi connectivity index (χ1) is 12.9. The third-order valence-electron chi connectivity index (χ3n) is 4.25. The van der Waals surface area contributed by atoms with Crippen LogP contribution in [0.2, 0.25) is 0 Å². The van der Waals surface area contributed by atoms with Gasteiger partial charge in [-0.25, -0.2) is 0 Å². The molecule has 0 spiro atoms. The topological polar surface area (TPSA) is 42.4 Å². The van der Waals surface area contributed by atoms with Gasteiger partial charge >= 0.3 is 0 Å². The maximum Gasteiger partial charge on any atom is 0.269 e. The molecule has 0 aliphatic rings. The molecule has 0 atom stereocenters. The molecule has 3 aromatic rings. The Balaban J connectivity index is 1.86. The van der Waals surface area contributed by atoms with E-state index in [-0.39, 0.29) is 17.9 Å². The van der Waals surface area contributed by atoms with E-state index in [0.29, 0.717) is 11.4 Å². The van der Waals surface area contributed by atoms with E-state index in [0.717, 1.165) is 5.69 Å². The van der Waals surface area contributed by atoms with Gasteiger partial charge in [0.1, 0.15) is 5.75 Å². The smallest absolute Gasteiger partial charge is 0.269 e. The van der Waals surface area contributed by atoms with Gasteiger partial charge in [0.05, 0.1) is 11.9 Å². The zero-order valence-electron chi connectivity index (χ0n) is 15.9. The van der Waals surface area contributed by atoms with E-state index in [1.54, 1.807) is 17.3 Å². The van der Waals surface area contributed by atoms with Crippen LogP contribution in [0.5, 0.6) is 5.75 Å². The Morgan fingerprint density at radius 1 is 0.926 bits per heavy atom. The Morgan fingerprint density at radius 2 is 1.63 bits per heavy atom. The number of nitrogens with zero attached hydrogens (tertiary/aromatic N) is 2. The van der Waals surface area contributed by atoms with Crippen LogP contribution in [0.25, 0.3) is 0 Å². The van der Waals surface area contributed by atoms with Crippen molar-refractivity contribution in [2.45, 2.75) is 26.2 Å². The summed E-state index contributed by atoms with van der Waals surface area (Å²) in [6.45, 7) is 6.44. The van der Waals surface area contributed by atoms with E-state index in [1.165, 1.54) is 5.56 Å². The van der Waals surface area contributed by atoms with Crippen LogP contribution in [0.1, 0.15) is 26.3 Å². The number of hydrogen-bond acceptors (Lipinski definition) is 3. The molecule has 0 aliphatic carbocycles. The van der Waals surface area contributed by atoms with E-state index in [1.807, 2.05) is 54.6 Å². The number of anilines is 2. The Labute approximate surface area is 160 Å². The van der Waals surface area contributed by atoms with Gasteiger partial charge in [0.2, 0.25) is 0 Å². The van der Waals surface area contributed by atoms with Gasteiger partial charge in [-0.05, 0) is 47.4 Å². The molecular formula is C23H24N2O2. The molecule has 1 amide bonds. The van der Waals surface area contributed by atoms with Crippen molar-refractivity contribution in [2.24, 2.45) is 0 Å². The lowest BCUT2D eigenvalue weighted by molar-refractivity contribution is -0.119. The van der Waals surface area contributed by atoms with Gasteiger partial charge in [-0.3, -0.25) is 14.7 Å². The van der Waals surface area contributed by atoms with Crippen LogP contribution in [-0.2, 0) is 10.2 Å². The highest BCUT2D eigenvalue weighted by atomic mass is 16.5. The van der Waals surface area contributed by atoms with Crippen molar-refractivity contribution in [1.29, 1.82) is 0 Å². The highest BCUT2D eigenvalue weighted by Gasteiger charge is 2.20. The average molecular weight is 360 g/mol. The van der Waals surface area contributed by atoms with Crippen LogP contribution in [0.3, 0.4) is 0 Å². The minimum atomic E-state index is -0.157. The number of amides is 1. The second kappa shape index (κ2) is 8.04. The summed E-state index contributed by atoms with van der Waals surface area (Å²) in [7, 11) is 0. The monoisotopic (exact) mass is 360 g/mol. The largest absolute Gasteiger partial charge is 0.484 e. The molecule has 27 heavy (non-hydrogen) atoms. The number of para-hydroxylation sites is 1. The van der Waals surface area contributed by atoms with Gasteiger partial charge in [-0.15, -0.1) is 0 Å². The fourth-order valence-electron chi connectivity index (χ4n) is 2.76. The summed E-state index contributed by atoms with van der Waals surface area (Å²) in [5.41, 5.74) is 2.77. The first kappa shape index (κ1) is 18.6. The summed E-state index contributed by atoms with van der Waals surface area (Å²) in [6.07, 6.45) is 3.37. The molecule has 0 saturated heterocycles. The van der Waals surface area contributed by atoms with E-state index in [2.05, 4.69) is 37.9 Å². The summed E-state index contributed by atoms with van der Waals surface area (Å²) >= 11 is 0. The number of pyridine rings is 1. The van der Waals surface area contributed by atoms with Crippen LogP contribution in [0.15, 0.2) is 79.1 Å². The number of benzene rings is 2. The van der Waals surface area contributed by atoms with Crippen LogP contribution in [0.4, 0.5) is 11.4 Å². The molecular weight excluding hydrogens is 336 g/mol. The molecule has 0 unspecified atom stereocenters. The predicted octanol–water partition coefficient (Wildman–Crippen LogP) is 5.12. The Morgan fingerprint density at radius 3 is 2.22 bits per heavy atom. The molecule has 2 aromatic carbocycles. The van der Waals surface area contributed by atoms with Gasteiger partial charge in [0, 0.05) is 11.9 Å². The second-order valence-corrected chi connectivity index (χ2v) is 7.34. The third-order valence-corrected chi connectivity index (χ3v) is 4.25. The third kappa shape index (κ3) is 4.73. The van der Waals surface area contributed by atoms with Crippen molar-refractivity contribution in [3.05, 3.63) is 84.7 Å². The quantitative estimate of drug-likeness (QED) is 0.634. The van der Waals surface area contributed by atoms with Crippen molar-refractivity contribution in [1.82, 2.24) is 4.98 Å². The molecule has 0 bridgehead atoms. The van der Waals surface area contributed by atoms with Gasteiger partial charge in [-0.1, -0.05) is 51.1 Å². The minimum absolute atomic E-state index is 0.0537. The fourth-order valence-corrected chi connectivity index (χ4v) is 2.76. The standard InChI is InChI=1S/C23H24N2O2/c1-23(2,3)18-11-13-19(14-12-18)25(20-8-7-15-24-16-20)22(26)17-27-21-9-5-4-6-10-21/h4-16H,17H2,1-3H3.